The molecule has 0 aliphatic heterocycles. The molecular formula is C66H131NO5. The zero-order valence-corrected chi connectivity index (χ0v) is 49.2. The lowest BCUT2D eigenvalue weighted by atomic mass is 10.0. The van der Waals surface area contributed by atoms with Gasteiger partial charge in [-0.1, -0.05) is 348 Å². The van der Waals surface area contributed by atoms with Crippen LogP contribution in [0, 0.1) is 0 Å². The van der Waals surface area contributed by atoms with Crippen molar-refractivity contribution in [2.24, 2.45) is 0 Å². The average Bonchev–Trinajstić information content (AvgIpc) is 3.38. The predicted molar refractivity (Wildman–Crippen MR) is 315 cm³/mol. The maximum absolute atomic E-state index is 12.5. The Morgan fingerprint density at radius 2 is 0.569 bits per heavy atom. The van der Waals surface area contributed by atoms with Crippen LogP contribution < -0.4 is 5.32 Å². The van der Waals surface area contributed by atoms with Crippen molar-refractivity contribution >= 4 is 11.9 Å². The largest absolute Gasteiger partial charge is 0.466 e. The lowest BCUT2D eigenvalue weighted by Gasteiger charge is -2.22. The quantitative estimate of drug-likeness (QED) is 0.0417. The maximum Gasteiger partial charge on any atom is 0.305 e. The van der Waals surface area contributed by atoms with Crippen molar-refractivity contribution in [2.45, 2.75) is 398 Å². The van der Waals surface area contributed by atoms with Gasteiger partial charge in [0.15, 0.2) is 0 Å². The standard InChI is InChI=1S/C66H131NO5/c1-3-5-7-9-11-13-15-17-19-21-27-30-34-38-42-46-50-54-58-64(69)63(62-68)67-65(70)59-55-51-47-43-39-35-31-28-24-22-23-25-29-33-37-41-45-49-53-57-61-72-66(71)60-56-52-48-44-40-36-32-26-20-18-16-14-12-10-8-6-4-2/h63-64,68-69H,3-62H2,1-2H3,(H,67,70). The van der Waals surface area contributed by atoms with Gasteiger partial charge in [-0.3, -0.25) is 9.59 Å². The number of unbranched alkanes of at least 4 members (excludes halogenated alkanes) is 52. The molecule has 0 aromatic rings. The molecule has 2 unspecified atom stereocenters. The lowest BCUT2D eigenvalue weighted by Crippen LogP contribution is -2.45. The summed E-state index contributed by atoms with van der Waals surface area (Å²) < 4.78 is 5.50. The molecule has 0 heterocycles. The molecule has 0 aliphatic carbocycles. The molecule has 0 spiro atoms. The molecule has 0 rings (SSSR count). The Labute approximate surface area is 451 Å². The zero-order valence-electron chi connectivity index (χ0n) is 49.2. The van der Waals surface area contributed by atoms with Crippen molar-refractivity contribution < 1.29 is 24.5 Å². The lowest BCUT2D eigenvalue weighted by molar-refractivity contribution is -0.143. The number of nitrogens with one attached hydrogen (secondary N) is 1. The molecule has 72 heavy (non-hydrogen) atoms. The van der Waals surface area contributed by atoms with Gasteiger partial charge in [0, 0.05) is 12.8 Å². The highest BCUT2D eigenvalue weighted by molar-refractivity contribution is 5.76. The van der Waals surface area contributed by atoms with Gasteiger partial charge in [0.05, 0.1) is 25.4 Å². The van der Waals surface area contributed by atoms with Crippen LogP contribution in [-0.2, 0) is 14.3 Å². The third-order valence-corrected chi connectivity index (χ3v) is 15.9. The number of aliphatic hydroxyl groups excluding tert-OH is 2. The first-order chi connectivity index (χ1) is 35.5. The minimum atomic E-state index is -0.665. The van der Waals surface area contributed by atoms with Gasteiger partial charge in [-0.25, -0.2) is 0 Å². The summed E-state index contributed by atoms with van der Waals surface area (Å²) in [7, 11) is 0. The van der Waals surface area contributed by atoms with E-state index in [1.165, 1.54) is 315 Å². The number of carbonyl (C=O) groups excluding carboxylic acids is 2. The van der Waals surface area contributed by atoms with E-state index < -0.39 is 12.1 Å². The summed E-state index contributed by atoms with van der Waals surface area (Å²) in [5.41, 5.74) is 0. The van der Waals surface area contributed by atoms with Gasteiger partial charge in [0.1, 0.15) is 0 Å². The average molecular weight is 1020 g/mol. The van der Waals surface area contributed by atoms with Crippen LogP contribution in [-0.4, -0.2) is 47.4 Å². The first-order valence-electron chi connectivity index (χ1n) is 33.3. The van der Waals surface area contributed by atoms with E-state index in [9.17, 15) is 19.8 Å². The van der Waals surface area contributed by atoms with E-state index >= 15 is 0 Å². The van der Waals surface area contributed by atoms with E-state index in [4.69, 9.17) is 4.74 Å². The number of amides is 1. The van der Waals surface area contributed by atoms with Crippen molar-refractivity contribution in [3.63, 3.8) is 0 Å². The van der Waals surface area contributed by atoms with Gasteiger partial charge in [-0.15, -0.1) is 0 Å². The van der Waals surface area contributed by atoms with Gasteiger partial charge in [-0.05, 0) is 25.7 Å². The highest BCUT2D eigenvalue weighted by atomic mass is 16.5. The minimum Gasteiger partial charge on any atom is -0.466 e. The number of ether oxygens (including phenoxy) is 1. The SMILES string of the molecule is CCCCCCCCCCCCCCCCCCCCC(O)C(CO)NC(=O)CCCCCCCCCCCCCCCCCCCCCCOC(=O)CCCCCCCCCCCCCCCCCCC. The van der Waals surface area contributed by atoms with Crippen LogP contribution in [0.2, 0.25) is 0 Å². The minimum absolute atomic E-state index is 0.0160. The van der Waals surface area contributed by atoms with Crippen LogP contribution >= 0.6 is 0 Å². The Kier molecular flexibility index (Phi) is 61.4. The Balaban J connectivity index is 3.36. The van der Waals surface area contributed by atoms with Gasteiger partial charge >= 0.3 is 5.97 Å². The maximum atomic E-state index is 12.5. The summed E-state index contributed by atoms with van der Waals surface area (Å²) in [6.45, 7) is 5.00. The van der Waals surface area contributed by atoms with E-state index in [0.717, 1.165) is 38.5 Å². The van der Waals surface area contributed by atoms with E-state index in [0.29, 0.717) is 25.9 Å². The van der Waals surface area contributed by atoms with Crippen LogP contribution in [0.3, 0.4) is 0 Å². The van der Waals surface area contributed by atoms with Crippen LogP contribution in [0.4, 0.5) is 0 Å². The number of esters is 1. The van der Waals surface area contributed by atoms with E-state index in [-0.39, 0.29) is 18.5 Å². The molecule has 0 aromatic carbocycles. The van der Waals surface area contributed by atoms with Crippen molar-refractivity contribution in [1.82, 2.24) is 5.32 Å². The van der Waals surface area contributed by atoms with Crippen LogP contribution in [0.1, 0.15) is 386 Å². The predicted octanol–water partition coefficient (Wildman–Crippen LogP) is 21.0. The van der Waals surface area contributed by atoms with E-state index in [1.54, 1.807) is 0 Å². The summed E-state index contributed by atoms with van der Waals surface area (Å²) >= 11 is 0. The molecule has 3 N–H and O–H groups in total. The summed E-state index contributed by atoms with van der Waals surface area (Å²) in [6.07, 6.45) is 74.1. The van der Waals surface area contributed by atoms with Gasteiger partial charge in [-0.2, -0.15) is 0 Å². The number of hydrogen-bond donors (Lipinski definition) is 3. The monoisotopic (exact) mass is 1020 g/mol. The fraction of sp³-hybridized carbons (Fsp3) is 0.970. The summed E-state index contributed by atoms with van der Waals surface area (Å²) in [5.74, 6) is -0.0163. The van der Waals surface area contributed by atoms with Crippen LogP contribution in [0.5, 0.6) is 0 Å². The van der Waals surface area contributed by atoms with E-state index in [1.807, 2.05) is 0 Å². The van der Waals surface area contributed by atoms with Crippen molar-refractivity contribution in [1.29, 1.82) is 0 Å². The second-order valence-electron chi connectivity index (χ2n) is 23.2. The molecule has 0 radical (unpaired) electrons. The second kappa shape index (κ2) is 62.4. The second-order valence-corrected chi connectivity index (χ2v) is 23.2. The molecule has 0 bridgehead atoms. The Morgan fingerprint density at radius 3 is 0.847 bits per heavy atom. The summed E-state index contributed by atoms with van der Waals surface area (Å²) in [5, 5.41) is 23.4. The molecule has 2 atom stereocenters. The van der Waals surface area contributed by atoms with Crippen LogP contribution in [0.15, 0.2) is 0 Å². The molecule has 6 heteroatoms. The molecule has 430 valence electrons. The Hall–Kier alpha value is -1.14. The molecule has 0 fully saturated rings. The van der Waals surface area contributed by atoms with Gasteiger partial charge < -0.3 is 20.3 Å². The fourth-order valence-corrected chi connectivity index (χ4v) is 10.8. The fourth-order valence-electron chi connectivity index (χ4n) is 10.8. The highest BCUT2D eigenvalue weighted by Gasteiger charge is 2.20. The Morgan fingerprint density at radius 1 is 0.333 bits per heavy atom. The topological polar surface area (TPSA) is 95.9 Å². The highest BCUT2D eigenvalue weighted by Crippen LogP contribution is 2.19. The number of rotatable bonds is 63. The van der Waals surface area contributed by atoms with Crippen LogP contribution in [0.25, 0.3) is 0 Å². The van der Waals surface area contributed by atoms with Gasteiger partial charge in [0.25, 0.3) is 0 Å². The van der Waals surface area contributed by atoms with E-state index in [2.05, 4.69) is 19.2 Å². The van der Waals surface area contributed by atoms with Gasteiger partial charge in [0.2, 0.25) is 5.91 Å². The molecule has 6 nitrogen and oxygen atoms in total. The summed E-state index contributed by atoms with van der Waals surface area (Å²) in [4.78, 5) is 24.6. The molecule has 0 saturated carbocycles. The van der Waals surface area contributed by atoms with Crippen molar-refractivity contribution in [3.05, 3.63) is 0 Å². The normalized spacial score (nSPS) is 12.4. The molecule has 0 aliphatic rings. The Bertz CT molecular complexity index is 1040. The molecular weight excluding hydrogens is 887 g/mol. The van der Waals surface area contributed by atoms with Crippen molar-refractivity contribution in [2.75, 3.05) is 13.2 Å². The number of hydrogen-bond acceptors (Lipinski definition) is 5. The smallest absolute Gasteiger partial charge is 0.305 e. The molecule has 1 amide bonds. The third kappa shape index (κ3) is 58.1. The zero-order chi connectivity index (χ0) is 52.2. The van der Waals surface area contributed by atoms with Crippen molar-refractivity contribution in [3.8, 4) is 0 Å². The number of carbonyl (C=O) groups is 2. The summed E-state index contributed by atoms with van der Waals surface area (Å²) in [6, 6.07) is -0.542. The third-order valence-electron chi connectivity index (χ3n) is 15.9. The first kappa shape index (κ1) is 70.9. The molecule has 0 aromatic heterocycles. The first-order valence-corrected chi connectivity index (χ1v) is 33.3. The molecule has 0 saturated heterocycles. The number of aliphatic hydroxyl groups is 2.